The molecule has 2 aliphatic rings. The second-order valence-electron chi connectivity index (χ2n) is 6.98. The minimum absolute atomic E-state index is 0.0419. The Bertz CT molecular complexity index is 786. The van der Waals surface area contributed by atoms with Crippen molar-refractivity contribution >= 4 is 11.7 Å². The van der Waals surface area contributed by atoms with E-state index in [0.717, 1.165) is 30.6 Å². The van der Waals surface area contributed by atoms with Crippen LogP contribution in [0.1, 0.15) is 48.2 Å². The minimum atomic E-state index is 0.0419. The maximum Gasteiger partial charge on any atom is 0.254 e. The van der Waals surface area contributed by atoms with Gasteiger partial charge in [0.15, 0.2) is 5.82 Å². The molecule has 7 heteroatoms. The highest BCUT2D eigenvalue weighted by Gasteiger charge is 2.26. The van der Waals surface area contributed by atoms with Gasteiger partial charge < -0.3 is 14.4 Å². The Morgan fingerprint density at radius 2 is 2.08 bits per heavy atom. The average Bonchev–Trinajstić information content (AvgIpc) is 3.02. The van der Waals surface area contributed by atoms with Crippen molar-refractivity contribution in [3.05, 3.63) is 35.5 Å². The zero-order chi connectivity index (χ0) is 17.4. The molecular weight excluding hydrogens is 316 g/mol. The Kier molecular flexibility index (Phi) is 4.15. The molecule has 0 N–H and O–H groups in total. The van der Waals surface area contributed by atoms with Crippen LogP contribution in [0.4, 0.5) is 5.82 Å². The van der Waals surface area contributed by atoms with Crippen molar-refractivity contribution in [3.63, 3.8) is 0 Å². The van der Waals surface area contributed by atoms with E-state index in [1.54, 1.807) is 6.20 Å². The lowest BCUT2D eigenvalue weighted by Gasteiger charge is -2.34. The first-order valence-corrected chi connectivity index (χ1v) is 9.04. The zero-order valence-electron chi connectivity index (χ0n) is 14.9. The van der Waals surface area contributed by atoms with Crippen molar-refractivity contribution in [2.75, 3.05) is 18.0 Å². The molecule has 0 aliphatic carbocycles. The number of nitrogens with zero attached hydrogens (tertiary/aromatic N) is 6. The molecule has 25 heavy (non-hydrogen) atoms. The van der Waals surface area contributed by atoms with Gasteiger partial charge >= 0.3 is 0 Å². The molecule has 0 radical (unpaired) electrons. The van der Waals surface area contributed by atoms with Gasteiger partial charge in [0.2, 0.25) is 0 Å². The molecule has 1 saturated heterocycles. The summed E-state index contributed by atoms with van der Waals surface area (Å²) >= 11 is 0. The number of carbonyl (C=O) groups is 1. The maximum absolute atomic E-state index is 13.0. The predicted molar refractivity (Wildman–Crippen MR) is 94.4 cm³/mol. The molecule has 1 atom stereocenters. The summed E-state index contributed by atoms with van der Waals surface area (Å²) in [6.45, 7) is 7.14. The minimum Gasteiger partial charge on any atom is -0.354 e. The van der Waals surface area contributed by atoms with Crippen LogP contribution in [0.3, 0.4) is 0 Å². The van der Waals surface area contributed by atoms with Crippen LogP contribution in [-0.4, -0.2) is 49.7 Å². The summed E-state index contributed by atoms with van der Waals surface area (Å²) in [7, 11) is 0. The van der Waals surface area contributed by atoms with Gasteiger partial charge in [0.1, 0.15) is 11.6 Å². The number of hydrogen-bond donors (Lipinski definition) is 0. The van der Waals surface area contributed by atoms with Crippen molar-refractivity contribution in [2.45, 2.75) is 52.2 Å². The quantitative estimate of drug-likeness (QED) is 0.837. The standard InChI is InChI=1S/C18H24N6O/c1-13-5-3-4-8-23(13)16-11-15(6-7-19-16)18(25)22-9-10-24-14(2)20-21-17(24)12-22/h6-7,11,13H,3-5,8-10,12H2,1-2H3. The van der Waals surface area contributed by atoms with Crippen LogP contribution in [0.15, 0.2) is 18.3 Å². The SMILES string of the molecule is Cc1nnc2n1CCN(C(=O)c1ccnc(N3CCCCC3C)c1)C2. The van der Waals surface area contributed by atoms with Crippen LogP contribution in [-0.2, 0) is 13.1 Å². The highest BCUT2D eigenvalue weighted by molar-refractivity contribution is 5.94. The van der Waals surface area contributed by atoms with Crippen LogP contribution in [0.5, 0.6) is 0 Å². The van der Waals surface area contributed by atoms with Gasteiger partial charge in [0.05, 0.1) is 6.54 Å². The Morgan fingerprint density at radius 3 is 2.92 bits per heavy atom. The Hall–Kier alpha value is -2.44. The predicted octanol–water partition coefficient (Wildman–Crippen LogP) is 2.02. The summed E-state index contributed by atoms with van der Waals surface area (Å²) in [5.74, 6) is 2.72. The second-order valence-corrected chi connectivity index (χ2v) is 6.98. The fourth-order valence-corrected chi connectivity index (χ4v) is 3.81. The van der Waals surface area contributed by atoms with Gasteiger partial charge in [0, 0.05) is 37.4 Å². The second kappa shape index (κ2) is 6.46. The van der Waals surface area contributed by atoms with Crippen LogP contribution < -0.4 is 4.90 Å². The number of aryl methyl sites for hydroxylation is 1. The number of hydrogen-bond acceptors (Lipinski definition) is 5. The third kappa shape index (κ3) is 2.99. The van der Waals surface area contributed by atoms with Gasteiger partial charge in [-0.2, -0.15) is 0 Å². The van der Waals surface area contributed by atoms with E-state index in [9.17, 15) is 4.79 Å². The number of carbonyl (C=O) groups excluding carboxylic acids is 1. The Morgan fingerprint density at radius 1 is 1.20 bits per heavy atom. The molecule has 0 saturated carbocycles. The number of fused-ring (bicyclic) bond motifs is 1. The number of rotatable bonds is 2. The van der Waals surface area contributed by atoms with Gasteiger partial charge in [-0.15, -0.1) is 10.2 Å². The van der Waals surface area contributed by atoms with Gasteiger partial charge in [-0.25, -0.2) is 4.98 Å². The van der Waals surface area contributed by atoms with Crippen molar-refractivity contribution < 1.29 is 4.79 Å². The van der Waals surface area contributed by atoms with E-state index >= 15 is 0 Å². The molecule has 1 unspecified atom stereocenters. The third-order valence-corrected chi connectivity index (χ3v) is 5.32. The fourth-order valence-electron chi connectivity index (χ4n) is 3.81. The summed E-state index contributed by atoms with van der Waals surface area (Å²) in [5.41, 5.74) is 0.701. The first kappa shape index (κ1) is 16.1. The molecule has 1 fully saturated rings. The summed E-state index contributed by atoms with van der Waals surface area (Å²) in [6, 6.07) is 4.22. The highest BCUT2D eigenvalue weighted by atomic mass is 16.2. The molecule has 0 aromatic carbocycles. The number of anilines is 1. The Labute approximate surface area is 147 Å². The zero-order valence-corrected chi connectivity index (χ0v) is 14.9. The third-order valence-electron chi connectivity index (χ3n) is 5.32. The van der Waals surface area contributed by atoms with Crippen LogP contribution in [0.25, 0.3) is 0 Å². The highest BCUT2D eigenvalue weighted by Crippen LogP contribution is 2.24. The van der Waals surface area contributed by atoms with Gasteiger partial charge in [-0.1, -0.05) is 0 Å². The molecule has 4 heterocycles. The first-order valence-electron chi connectivity index (χ1n) is 9.04. The smallest absolute Gasteiger partial charge is 0.254 e. The number of piperidine rings is 1. The summed E-state index contributed by atoms with van der Waals surface area (Å²) < 4.78 is 2.08. The number of aromatic nitrogens is 4. The lowest BCUT2D eigenvalue weighted by molar-refractivity contribution is 0.0706. The fraction of sp³-hybridized carbons (Fsp3) is 0.556. The monoisotopic (exact) mass is 340 g/mol. The maximum atomic E-state index is 13.0. The molecular formula is C18H24N6O. The molecule has 2 aliphatic heterocycles. The lowest BCUT2D eigenvalue weighted by atomic mass is 10.0. The molecule has 4 rings (SSSR count). The molecule has 0 bridgehead atoms. The van der Waals surface area contributed by atoms with Crippen LogP contribution in [0.2, 0.25) is 0 Å². The van der Waals surface area contributed by atoms with Crippen molar-refractivity contribution in [1.82, 2.24) is 24.6 Å². The molecule has 1 amide bonds. The van der Waals surface area contributed by atoms with E-state index in [2.05, 4.69) is 31.6 Å². The molecule has 2 aromatic heterocycles. The van der Waals surface area contributed by atoms with E-state index in [0.29, 0.717) is 24.7 Å². The van der Waals surface area contributed by atoms with E-state index in [-0.39, 0.29) is 5.91 Å². The van der Waals surface area contributed by atoms with Crippen molar-refractivity contribution in [3.8, 4) is 0 Å². The van der Waals surface area contributed by atoms with Gasteiger partial charge in [0.25, 0.3) is 5.91 Å². The number of amides is 1. The van der Waals surface area contributed by atoms with E-state index in [1.165, 1.54) is 19.3 Å². The van der Waals surface area contributed by atoms with Gasteiger partial charge in [-0.05, 0) is 45.2 Å². The van der Waals surface area contributed by atoms with E-state index in [1.807, 2.05) is 24.0 Å². The lowest BCUT2D eigenvalue weighted by Crippen LogP contribution is -2.39. The average molecular weight is 340 g/mol. The summed E-state index contributed by atoms with van der Waals surface area (Å²) in [5, 5.41) is 8.29. The van der Waals surface area contributed by atoms with E-state index in [4.69, 9.17) is 0 Å². The van der Waals surface area contributed by atoms with Crippen LogP contribution >= 0.6 is 0 Å². The topological polar surface area (TPSA) is 67.2 Å². The van der Waals surface area contributed by atoms with Crippen molar-refractivity contribution in [1.29, 1.82) is 0 Å². The molecule has 2 aromatic rings. The molecule has 132 valence electrons. The Balaban J connectivity index is 1.54. The van der Waals surface area contributed by atoms with Gasteiger partial charge in [-0.3, -0.25) is 4.79 Å². The van der Waals surface area contributed by atoms with E-state index < -0.39 is 0 Å². The summed E-state index contributed by atoms with van der Waals surface area (Å²) in [4.78, 5) is 21.6. The molecule has 0 spiro atoms. The first-order chi connectivity index (χ1) is 12.1. The largest absolute Gasteiger partial charge is 0.354 e. The van der Waals surface area contributed by atoms with Crippen molar-refractivity contribution in [2.24, 2.45) is 0 Å². The normalized spacial score (nSPS) is 20.5. The number of pyridine rings is 1. The molecule has 7 nitrogen and oxygen atoms in total. The van der Waals surface area contributed by atoms with Crippen LogP contribution in [0, 0.1) is 6.92 Å². The summed E-state index contributed by atoms with van der Waals surface area (Å²) in [6.07, 6.45) is 5.39.